The number of carbonyl (C=O) groups is 1. The molecule has 0 aliphatic rings. The third-order valence-corrected chi connectivity index (χ3v) is 2.40. The van der Waals surface area contributed by atoms with Crippen LogP contribution in [0.4, 0.5) is 0 Å². The van der Waals surface area contributed by atoms with Gasteiger partial charge in [-0.1, -0.05) is 0 Å². The van der Waals surface area contributed by atoms with Gasteiger partial charge in [-0.3, -0.25) is 4.79 Å². The minimum Gasteiger partial charge on any atom is -0.494 e. The molecule has 106 valence electrons. The van der Waals surface area contributed by atoms with Gasteiger partial charge in [-0.2, -0.15) is 0 Å². The highest BCUT2D eigenvalue weighted by atomic mass is 16.5. The van der Waals surface area contributed by atoms with Crippen molar-refractivity contribution in [2.75, 3.05) is 26.4 Å². The van der Waals surface area contributed by atoms with Gasteiger partial charge < -0.3 is 14.2 Å². The van der Waals surface area contributed by atoms with Crippen molar-refractivity contribution in [1.82, 2.24) is 0 Å². The zero-order valence-corrected chi connectivity index (χ0v) is 11.8. The summed E-state index contributed by atoms with van der Waals surface area (Å²) in [5, 5.41) is 0. The highest BCUT2D eigenvalue weighted by Crippen LogP contribution is 2.12. The molecule has 4 nitrogen and oxygen atoms in total. The van der Waals surface area contributed by atoms with Crippen LogP contribution in [0.5, 0.6) is 5.75 Å². The fourth-order valence-corrected chi connectivity index (χ4v) is 1.49. The molecule has 0 N–H and O–H groups in total. The van der Waals surface area contributed by atoms with E-state index in [1.165, 1.54) is 0 Å². The predicted molar refractivity (Wildman–Crippen MR) is 73.8 cm³/mol. The van der Waals surface area contributed by atoms with Crippen molar-refractivity contribution >= 4 is 5.78 Å². The van der Waals surface area contributed by atoms with Gasteiger partial charge in [0, 0.05) is 5.56 Å². The van der Waals surface area contributed by atoms with Crippen LogP contribution < -0.4 is 4.74 Å². The minimum atomic E-state index is -0.0346. The van der Waals surface area contributed by atoms with Crippen molar-refractivity contribution in [2.24, 2.45) is 0 Å². The fourth-order valence-electron chi connectivity index (χ4n) is 1.49. The van der Waals surface area contributed by atoms with E-state index in [0.717, 1.165) is 5.75 Å². The van der Waals surface area contributed by atoms with Crippen molar-refractivity contribution in [3.05, 3.63) is 29.8 Å². The summed E-state index contributed by atoms with van der Waals surface area (Å²) in [6, 6.07) is 7.08. The third-order valence-electron chi connectivity index (χ3n) is 2.40. The smallest absolute Gasteiger partial charge is 0.188 e. The Hall–Kier alpha value is -1.39. The van der Waals surface area contributed by atoms with E-state index in [1.807, 2.05) is 20.8 Å². The van der Waals surface area contributed by atoms with E-state index in [1.54, 1.807) is 24.3 Å². The summed E-state index contributed by atoms with van der Waals surface area (Å²) >= 11 is 0. The molecule has 0 aliphatic carbocycles. The molecule has 19 heavy (non-hydrogen) atoms. The van der Waals surface area contributed by atoms with Gasteiger partial charge in [-0.05, 0) is 45.0 Å². The van der Waals surface area contributed by atoms with Crippen molar-refractivity contribution in [3.8, 4) is 5.75 Å². The van der Waals surface area contributed by atoms with Gasteiger partial charge in [0.15, 0.2) is 5.78 Å². The van der Waals surface area contributed by atoms with Crippen LogP contribution in [0.2, 0.25) is 0 Å². The van der Waals surface area contributed by atoms with E-state index in [4.69, 9.17) is 14.2 Å². The van der Waals surface area contributed by atoms with Gasteiger partial charge in [0.2, 0.25) is 0 Å². The molecule has 1 aromatic rings. The lowest BCUT2D eigenvalue weighted by atomic mass is 10.1. The molecule has 1 aromatic carbocycles. The molecule has 0 saturated heterocycles. The van der Waals surface area contributed by atoms with Crippen LogP contribution in [0.1, 0.15) is 31.1 Å². The van der Waals surface area contributed by atoms with E-state index in [2.05, 4.69) is 0 Å². The molecule has 0 radical (unpaired) electrons. The Morgan fingerprint density at radius 2 is 1.84 bits per heavy atom. The quantitative estimate of drug-likeness (QED) is 0.509. The molecule has 1 rings (SSSR count). The first-order chi connectivity index (χ1) is 9.13. The molecule has 0 aliphatic heterocycles. The van der Waals surface area contributed by atoms with Crippen LogP contribution in [0.25, 0.3) is 0 Å². The average molecular weight is 266 g/mol. The van der Waals surface area contributed by atoms with Crippen LogP contribution >= 0.6 is 0 Å². The molecule has 0 unspecified atom stereocenters. The summed E-state index contributed by atoms with van der Waals surface area (Å²) in [4.78, 5) is 11.8. The molecule has 0 saturated carbocycles. The lowest BCUT2D eigenvalue weighted by Gasteiger charge is -2.08. The molecule has 0 spiro atoms. The van der Waals surface area contributed by atoms with Crippen LogP contribution in [-0.4, -0.2) is 38.3 Å². The number of hydrogen-bond donors (Lipinski definition) is 0. The van der Waals surface area contributed by atoms with E-state index < -0.39 is 0 Å². The highest BCUT2D eigenvalue weighted by Gasteiger charge is 2.06. The first kappa shape index (κ1) is 15.7. The first-order valence-electron chi connectivity index (χ1n) is 6.59. The summed E-state index contributed by atoms with van der Waals surface area (Å²) in [6.45, 7) is 7.49. The molecule has 0 aromatic heterocycles. The maximum absolute atomic E-state index is 11.8. The number of rotatable bonds is 9. The number of Topliss-reactive ketones (excluding diaryl/α,β-unsaturated/α-hetero) is 1. The second kappa shape index (κ2) is 8.67. The summed E-state index contributed by atoms with van der Waals surface area (Å²) in [6.07, 6.45) is 0.186. The maximum Gasteiger partial charge on any atom is 0.188 e. The maximum atomic E-state index is 11.8. The lowest BCUT2D eigenvalue weighted by molar-refractivity contribution is 0.0208. The molecular formula is C15H22O4. The fraction of sp³-hybridized carbons (Fsp3) is 0.533. The molecule has 0 bridgehead atoms. The van der Waals surface area contributed by atoms with Crippen molar-refractivity contribution in [1.29, 1.82) is 0 Å². The molecule has 4 heteroatoms. The van der Waals surface area contributed by atoms with Gasteiger partial charge in [0.1, 0.15) is 12.4 Å². The van der Waals surface area contributed by atoms with Crippen molar-refractivity contribution < 1.29 is 19.0 Å². The summed E-state index contributed by atoms with van der Waals surface area (Å²) in [5.74, 6) is 0.734. The standard InChI is InChI=1S/C15H22O4/c1-4-18-14-7-5-13(6-8-14)15(16)11-17-9-10-19-12(2)3/h5-8,12H,4,9-11H2,1-3H3. The molecule has 0 atom stereocenters. The number of carbonyl (C=O) groups excluding carboxylic acids is 1. The Morgan fingerprint density at radius 1 is 1.16 bits per heavy atom. The highest BCUT2D eigenvalue weighted by molar-refractivity contribution is 5.97. The molecule has 0 fully saturated rings. The van der Waals surface area contributed by atoms with Crippen molar-refractivity contribution in [2.45, 2.75) is 26.9 Å². The Kier molecular flexibility index (Phi) is 7.15. The predicted octanol–water partition coefficient (Wildman–Crippen LogP) is 2.71. The van der Waals surface area contributed by atoms with Gasteiger partial charge in [0.05, 0.1) is 25.9 Å². The monoisotopic (exact) mass is 266 g/mol. The van der Waals surface area contributed by atoms with E-state index in [-0.39, 0.29) is 18.5 Å². The summed E-state index contributed by atoms with van der Waals surface area (Å²) < 4.78 is 15.9. The minimum absolute atomic E-state index is 0.0346. The molecule has 0 amide bonds. The van der Waals surface area contributed by atoms with Crippen LogP contribution in [-0.2, 0) is 9.47 Å². The van der Waals surface area contributed by atoms with Crippen LogP contribution in [0, 0.1) is 0 Å². The lowest BCUT2D eigenvalue weighted by Crippen LogP contribution is -2.14. The Labute approximate surface area is 114 Å². The second-order valence-electron chi connectivity index (χ2n) is 4.35. The number of ketones is 1. The van der Waals surface area contributed by atoms with Gasteiger partial charge >= 0.3 is 0 Å². The Balaban J connectivity index is 2.29. The number of ether oxygens (including phenoxy) is 3. The molecule has 0 heterocycles. The normalized spacial score (nSPS) is 10.7. The van der Waals surface area contributed by atoms with Gasteiger partial charge in [0.25, 0.3) is 0 Å². The summed E-state index contributed by atoms with van der Waals surface area (Å²) in [7, 11) is 0. The van der Waals surface area contributed by atoms with E-state index in [0.29, 0.717) is 25.4 Å². The Bertz CT molecular complexity index is 370. The average Bonchev–Trinajstić information content (AvgIpc) is 2.39. The number of hydrogen-bond acceptors (Lipinski definition) is 4. The first-order valence-corrected chi connectivity index (χ1v) is 6.59. The topological polar surface area (TPSA) is 44.8 Å². The number of benzene rings is 1. The second-order valence-corrected chi connectivity index (χ2v) is 4.35. The third kappa shape index (κ3) is 6.36. The SMILES string of the molecule is CCOc1ccc(C(=O)COCCOC(C)C)cc1. The van der Waals surface area contributed by atoms with Crippen molar-refractivity contribution in [3.63, 3.8) is 0 Å². The van der Waals surface area contributed by atoms with E-state index in [9.17, 15) is 4.79 Å². The van der Waals surface area contributed by atoms with E-state index >= 15 is 0 Å². The zero-order chi connectivity index (χ0) is 14.1. The van der Waals surface area contributed by atoms with Crippen LogP contribution in [0.3, 0.4) is 0 Å². The Morgan fingerprint density at radius 3 is 2.42 bits per heavy atom. The van der Waals surface area contributed by atoms with Crippen LogP contribution in [0.15, 0.2) is 24.3 Å². The zero-order valence-electron chi connectivity index (χ0n) is 11.8. The largest absolute Gasteiger partial charge is 0.494 e. The summed E-state index contributed by atoms with van der Waals surface area (Å²) in [5.41, 5.74) is 0.633. The molecular weight excluding hydrogens is 244 g/mol. The van der Waals surface area contributed by atoms with Gasteiger partial charge in [-0.15, -0.1) is 0 Å². The van der Waals surface area contributed by atoms with Gasteiger partial charge in [-0.25, -0.2) is 0 Å².